The molecular formula is C13H10INS. The average molecular weight is 339 g/mol. The Bertz CT molecular complexity index is 561. The Morgan fingerprint density at radius 3 is 2.25 bits per heavy atom. The number of nitriles is 1. The fraction of sp³-hybridized carbons (Fsp3) is 0.154. The summed E-state index contributed by atoms with van der Waals surface area (Å²) in [6.07, 6.45) is 0. The highest BCUT2D eigenvalue weighted by Crippen LogP contribution is 2.36. The number of nitrogens with zero attached hydrogens (tertiary/aromatic N) is 1. The number of hydrogen-bond acceptors (Lipinski definition) is 2. The lowest BCUT2D eigenvalue weighted by Crippen LogP contribution is -1.79. The number of thiophene rings is 1. The van der Waals surface area contributed by atoms with E-state index in [1.54, 1.807) is 0 Å². The fourth-order valence-corrected chi connectivity index (χ4v) is 3.45. The normalized spacial score (nSPS) is 10.1. The molecule has 3 heteroatoms. The number of halogens is 1. The predicted molar refractivity (Wildman–Crippen MR) is 76.7 cm³/mol. The van der Waals surface area contributed by atoms with E-state index in [4.69, 9.17) is 5.26 Å². The molecule has 0 amide bonds. The zero-order valence-electron chi connectivity index (χ0n) is 9.04. The second-order valence-electron chi connectivity index (χ2n) is 3.62. The van der Waals surface area contributed by atoms with E-state index in [0.29, 0.717) is 5.56 Å². The van der Waals surface area contributed by atoms with Crippen molar-refractivity contribution in [3.05, 3.63) is 43.8 Å². The maximum atomic E-state index is 8.75. The molecule has 0 saturated heterocycles. The van der Waals surface area contributed by atoms with Gasteiger partial charge in [-0.1, -0.05) is 12.1 Å². The van der Waals surface area contributed by atoms with Crippen LogP contribution in [0.15, 0.2) is 24.3 Å². The summed E-state index contributed by atoms with van der Waals surface area (Å²) in [5.41, 5.74) is 3.25. The van der Waals surface area contributed by atoms with E-state index in [1.807, 2.05) is 35.6 Å². The molecule has 0 N–H and O–H groups in total. The molecule has 0 unspecified atom stereocenters. The first-order valence-electron chi connectivity index (χ1n) is 4.89. The highest BCUT2D eigenvalue weighted by molar-refractivity contribution is 14.1. The van der Waals surface area contributed by atoms with Crippen LogP contribution in [0.4, 0.5) is 0 Å². The second-order valence-corrected chi connectivity index (χ2v) is 5.92. The molecule has 16 heavy (non-hydrogen) atoms. The lowest BCUT2D eigenvalue weighted by molar-refractivity contribution is 1.44. The molecule has 0 bridgehead atoms. The second kappa shape index (κ2) is 4.56. The van der Waals surface area contributed by atoms with Gasteiger partial charge in [-0.15, -0.1) is 11.3 Å². The molecule has 0 fully saturated rings. The van der Waals surface area contributed by atoms with Gasteiger partial charge in [0.2, 0.25) is 0 Å². The third-order valence-corrected chi connectivity index (χ3v) is 5.75. The quantitative estimate of drug-likeness (QED) is 0.702. The van der Waals surface area contributed by atoms with Crippen molar-refractivity contribution in [2.24, 2.45) is 0 Å². The van der Waals surface area contributed by atoms with Crippen LogP contribution in [0.25, 0.3) is 10.4 Å². The van der Waals surface area contributed by atoms with Gasteiger partial charge < -0.3 is 0 Å². The first-order chi connectivity index (χ1) is 7.63. The van der Waals surface area contributed by atoms with Crippen molar-refractivity contribution in [1.82, 2.24) is 0 Å². The van der Waals surface area contributed by atoms with Crippen LogP contribution >= 0.6 is 33.9 Å². The number of hydrogen-bond donors (Lipinski definition) is 0. The molecular weight excluding hydrogens is 329 g/mol. The van der Waals surface area contributed by atoms with E-state index in [-0.39, 0.29) is 0 Å². The summed E-state index contributed by atoms with van der Waals surface area (Å²) >= 11 is 4.21. The van der Waals surface area contributed by atoms with Gasteiger partial charge in [0, 0.05) is 13.3 Å². The zero-order valence-corrected chi connectivity index (χ0v) is 12.0. The molecule has 0 aliphatic rings. The van der Waals surface area contributed by atoms with Gasteiger partial charge in [-0.05, 0) is 59.7 Å². The minimum absolute atomic E-state index is 0.712. The Balaban J connectivity index is 2.51. The van der Waals surface area contributed by atoms with E-state index in [2.05, 4.69) is 42.5 Å². The van der Waals surface area contributed by atoms with Crippen molar-refractivity contribution in [2.45, 2.75) is 13.8 Å². The van der Waals surface area contributed by atoms with Crippen LogP contribution in [-0.2, 0) is 0 Å². The molecule has 0 aliphatic carbocycles. The molecule has 0 aliphatic heterocycles. The zero-order chi connectivity index (χ0) is 11.7. The van der Waals surface area contributed by atoms with Crippen LogP contribution in [0, 0.1) is 28.7 Å². The third kappa shape index (κ3) is 2.00. The third-order valence-electron chi connectivity index (χ3n) is 2.51. The minimum atomic E-state index is 0.712. The first kappa shape index (κ1) is 11.6. The summed E-state index contributed by atoms with van der Waals surface area (Å²) in [5, 5.41) is 8.75. The van der Waals surface area contributed by atoms with Crippen LogP contribution in [0.5, 0.6) is 0 Å². The molecule has 0 atom stereocenters. The van der Waals surface area contributed by atoms with Gasteiger partial charge in [-0.2, -0.15) is 5.26 Å². The summed E-state index contributed by atoms with van der Waals surface area (Å²) in [6, 6.07) is 9.92. The first-order valence-corrected chi connectivity index (χ1v) is 6.79. The highest BCUT2D eigenvalue weighted by atomic mass is 127. The summed E-state index contributed by atoms with van der Waals surface area (Å²) < 4.78 is 1.35. The average Bonchev–Trinajstić information content (AvgIpc) is 2.57. The highest BCUT2D eigenvalue weighted by Gasteiger charge is 2.11. The molecule has 0 spiro atoms. The van der Waals surface area contributed by atoms with E-state index in [0.717, 1.165) is 0 Å². The number of aryl methyl sites for hydroxylation is 1. The Kier molecular flexibility index (Phi) is 3.31. The van der Waals surface area contributed by atoms with Gasteiger partial charge in [-0.3, -0.25) is 0 Å². The van der Waals surface area contributed by atoms with E-state index < -0.39 is 0 Å². The summed E-state index contributed by atoms with van der Waals surface area (Å²) in [7, 11) is 0. The Labute approximate surface area is 113 Å². The van der Waals surface area contributed by atoms with Crippen molar-refractivity contribution in [3.8, 4) is 16.5 Å². The van der Waals surface area contributed by atoms with Gasteiger partial charge in [0.15, 0.2) is 0 Å². The molecule has 2 rings (SSSR count). The number of rotatable bonds is 1. The molecule has 1 nitrogen and oxygen atoms in total. The molecule has 1 aromatic carbocycles. The molecule has 2 aromatic rings. The molecule has 0 radical (unpaired) electrons. The summed E-state index contributed by atoms with van der Waals surface area (Å²) in [4.78, 5) is 2.67. The van der Waals surface area contributed by atoms with Crippen molar-refractivity contribution in [1.29, 1.82) is 5.26 Å². The Hall–Kier alpha value is -0.860. The number of benzene rings is 1. The van der Waals surface area contributed by atoms with Crippen LogP contribution in [0.1, 0.15) is 16.0 Å². The van der Waals surface area contributed by atoms with Crippen molar-refractivity contribution in [3.63, 3.8) is 0 Å². The molecule has 1 heterocycles. The Morgan fingerprint density at radius 1 is 1.19 bits per heavy atom. The van der Waals surface area contributed by atoms with E-state index in [9.17, 15) is 0 Å². The molecule has 0 saturated carbocycles. The minimum Gasteiger partial charge on any atom is -0.192 e. The van der Waals surface area contributed by atoms with Gasteiger partial charge >= 0.3 is 0 Å². The SMILES string of the molecule is Cc1sc(-c2ccc(C#N)cc2)c(C)c1I. The maximum Gasteiger partial charge on any atom is 0.0991 e. The van der Waals surface area contributed by atoms with Crippen LogP contribution in [-0.4, -0.2) is 0 Å². The van der Waals surface area contributed by atoms with E-state index in [1.165, 1.54) is 24.5 Å². The fourth-order valence-electron chi connectivity index (χ4n) is 1.61. The van der Waals surface area contributed by atoms with Gasteiger partial charge in [0.25, 0.3) is 0 Å². The Morgan fingerprint density at radius 2 is 1.81 bits per heavy atom. The monoisotopic (exact) mass is 339 g/mol. The molecule has 1 aromatic heterocycles. The van der Waals surface area contributed by atoms with Crippen molar-refractivity contribution in [2.75, 3.05) is 0 Å². The molecule has 80 valence electrons. The predicted octanol–water partition coefficient (Wildman–Crippen LogP) is 4.51. The van der Waals surface area contributed by atoms with Crippen LogP contribution in [0.2, 0.25) is 0 Å². The lowest BCUT2D eigenvalue weighted by Gasteiger charge is -1.99. The van der Waals surface area contributed by atoms with Crippen molar-refractivity contribution >= 4 is 33.9 Å². The van der Waals surface area contributed by atoms with Crippen molar-refractivity contribution < 1.29 is 0 Å². The standard InChI is InChI=1S/C13H10INS/c1-8-12(14)9(2)16-13(8)11-5-3-10(7-15)4-6-11/h3-6H,1-2H3. The summed E-state index contributed by atoms with van der Waals surface area (Å²) in [6.45, 7) is 4.30. The van der Waals surface area contributed by atoms with Gasteiger partial charge in [-0.25, -0.2) is 0 Å². The lowest BCUT2D eigenvalue weighted by atomic mass is 10.1. The largest absolute Gasteiger partial charge is 0.192 e. The topological polar surface area (TPSA) is 23.8 Å². The van der Waals surface area contributed by atoms with Gasteiger partial charge in [0.05, 0.1) is 11.6 Å². The smallest absolute Gasteiger partial charge is 0.0991 e. The van der Waals surface area contributed by atoms with E-state index >= 15 is 0 Å². The van der Waals surface area contributed by atoms with Crippen LogP contribution in [0.3, 0.4) is 0 Å². The van der Waals surface area contributed by atoms with Gasteiger partial charge in [0.1, 0.15) is 0 Å². The maximum absolute atomic E-state index is 8.75. The summed E-state index contributed by atoms with van der Waals surface area (Å²) in [5.74, 6) is 0. The van der Waals surface area contributed by atoms with Crippen LogP contribution < -0.4 is 0 Å².